The Morgan fingerprint density at radius 1 is 1.47 bits per heavy atom. The highest BCUT2D eigenvalue weighted by Crippen LogP contribution is 2.27. The molecule has 0 aliphatic carbocycles. The lowest BCUT2D eigenvalue weighted by molar-refractivity contribution is -0.143. The highest BCUT2D eigenvalue weighted by Gasteiger charge is 2.34. The summed E-state index contributed by atoms with van der Waals surface area (Å²) in [5.74, 6) is 0.0197. The van der Waals surface area contributed by atoms with E-state index in [1.54, 1.807) is 32.9 Å². The second-order valence-corrected chi connectivity index (χ2v) is 4.54. The van der Waals surface area contributed by atoms with E-state index in [-0.39, 0.29) is 12.1 Å². The molecular weight excluding hydrogens is 248 g/mol. The zero-order valence-corrected chi connectivity index (χ0v) is 11.0. The predicted molar refractivity (Wildman–Crippen MR) is 67.0 cm³/mol. The van der Waals surface area contributed by atoms with Crippen molar-refractivity contribution in [1.29, 1.82) is 0 Å². The first-order valence-electron chi connectivity index (χ1n) is 6.01. The molecule has 1 aromatic heterocycles. The molecule has 1 atom stereocenters. The number of amides is 2. The van der Waals surface area contributed by atoms with Gasteiger partial charge < -0.3 is 19.8 Å². The molecular formula is C13H16N2O4. The molecule has 2 rings (SSSR count). The monoisotopic (exact) mass is 264 g/mol. The zero-order chi connectivity index (χ0) is 14.0. The molecule has 0 fully saturated rings. The molecule has 0 bridgehead atoms. The number of furan rings is 1. The van der Waals surface area contributed by atoms with Gasteiger partial charge in [0.2, 0.25) is 0 Å². The van der Waals surface area contributed by atoms with Crippen molar-refractivity contribution in [2.24, 2.45) is 0 Å². The highest BCUT2D eigenvalue weighted by molar-refractivity contribution is 5.94. The lowest BCUT2D eigenvalue weighted by Crippen LogP contribution is -2.45. The molecule has 0 radical (unpaired) electrons. The Hall–Kier alpha value is -2.24. The summed E-state index contributed by atoms with van der Waals surface area (Å²) in [4.78, 5) is 23.6. The number of carbonyl (C=O) groups is 2. The molecule has 0 saturated carbocycles. The molecule has 6 nitrogen and oxygen atoms in total. The lowest BCUT2D eigenvalue weighted by Gasteiger charge is -2.26. The Labute approximate surface area is 110 Å². The fraction of sp³-hybridized carbons (Fsp3) is 0.385. The number of ether oxygens (including phenoxy) is 1. The molecule has 19 heavy (non-hydrogen) atoms. The summed E-state index contributed by atoms with van der Waals surface area (Å²) in [7, 11) is 0. The summed E-state index contributed by atoms with van der Waals surface area (Å²) in [6, 6.07) is 2.39. The highest BCUT2D eigenvalue weighted by atomic mass is 16.5. The molecule has 2 amide bonds. The molecule has 0 aromatic carbocycles. The average Bonchev–Trinajstić information content (AvgIpc) is 2.79. The van der Waals surface area contributed by atoms with Gasteiger partial charge in [-0.25, -0.2) is 9.59 Å². The van der Waals surface area contributed by atoms with Crippen LogP contribution in [0.2, 0.25) is 0 Å². The molecule has 0 saturated heterocycles. The van der Waals surface area contributed by atoms with Crippen molar-refractivity contribution in [2.45, 2.75) is 32.9 Å². The molecule has 0 unspecified atom stereocenters. The number of urea groups is 1. The topological polar surface area (TPSA) is 80.6 Å². The molecule has 2 N–H and O–H groups in total. The molecule has 1 aliphatic rings. The molecule has 1 aliphatic heterocycles. The van der Waals surface area contributed by atoms with E-state index in [9.17, 15) is 9.59 Å². The number of allylic oxidation sites excluding steroid dienone is 1. The van der Waals surface area contributed by atoms with Crippen LogP contribution in [0.1, 0.15) is 32.6 Å². The second-order valence-electron chi connectivity index (χ2n) is 4.54. The van der Waals surface area contributed by atoms with Gasteiger partial charge in [0.15, 0.2) is 0 Å². The number of rotatable bonds is 3. The van der Waals surface area contributed by atoms with Crippen LogP contribution in [0, 0.1) is 0 Å². The minimum Gasteiger partial charge on any atom is -0.467 e. The van der Waals surface area contributed by atoms with E-state index < -0.39 is 12.0 Å². The van der Waals surface area contributed by atoms with Crippen molar-refractivity contribution < 1.29 is 18.7 Å². The molecule has 0 spiro atoms. The third-order valence-electron chi connectivity index (χ3n) is 2.66. The van der Waals surface area contributed by atoms with E-state index >= 15 is 0 Å². The number of hydrogen-bond donors (Lipinski definition) is 2. The Bertz CT molecular complexity index is 517. The summed E-state index contributed by atoms with van der Waals surface area (Å²) >= 11 is 0. The Morgan fingerprint density at radius 3 is 2.79 bits per heavy atom. The summed E-state index contributed by atoms with van der Waals surface area (Å²) in [6.07, 6.45) is 1.26. The van der Waals surface area contributed by atoms with Crippen LogP contribution >= 0.6 is 0 Å². The number of nitrogens with one attached hydrogen (secondary N) is 2. The standard InChI is InChI=1S/C13H16N2O4/c1-7(2)19-12(16)10-8(3)14-13(17)15-11(10)9-5-4-6-18-9/h4-7,11H,1-3H3,(H2,14,15,17)/t11-/m0/s1. The maximum Gasteiger partial charge on any atom is 0.338 e. The lowest BCUT2D eigenvalue weighted by atomic mass is 10.0. The van der Waals surface area contributed by atoms with Crippen LogP contribution in [0.25, 0.3) is 0 Å². The van der Waals surface area contributed by atoms with Gasteiger partial charge in [-0.05, 0) is 32.9 Å². The normalized spacial score (nSPS) is 19.2. The summed E-state index contributed by atoms with van der Waals surface area (Å²) in [6.45, 7) is 5.20. The van der Waals surface area contributed by atoms with Gasteiger partial charge in [-0.3, -0.25) is 0 Å². The fourth-order valence-corrected chi connectivity index (χ4v) is 1.91. The van der Waals surface area contributed by atoms with Crippen molar-refractivity contribution in [3.05, 3.63) is 35.4 Å². The summed E-state index contributed by atoms with van der Waals surface area (Å²) in [5, 5.41) is 5.21. The fourth-order valence-electron chi connectivity index (χ4n) is 1.91. The van der Waals surface area contributed by atoms with Gasteiger partial charge in [-0.1, -0.05) is 0 Å². The maximum atomic E-state index is 12.1. The Morgan fingerprint density at radius 2 is 2.21 bits per heavy atom. The third-order valence-corrected chi connectivity index (χ3v) is 2.66. The smallest absolute Gasteiger partial charge is 0.338 e. The van der Waals surface area contributed by atoms with Gasteiger partial charge in [0, 0.05) is 5.70 Å². The van der Waals surface area contributed by atoms with Gasteiger partial charge in [-0.15, -0.1) is 0 Å². The van der Waals surface area contributed by atoms with Crippen LogP contribution in [0.15, 0.2) is 34.1 Å². The van der Waals surface area contributed by atoms with E-state index in [0.29, 0.717) is 17.0 Å². The summed E-state index contributed by atoms with van der Waals surface area (Å²) in [5.41, 5.74) is 0.819. The van der Waals surface area contributed by atoms with E-state index in [1.807, 2.05) is 0 Å². The SMILES string of the molecule is CC1=C(C(=O)OC(C)C)[C@H](c2ccco2)NC(=O)N1. The Balaban J connectivity index is 2.36. The van der Waals surface area contributed by atoms with Crippen LogP contribution in [-0.2, 0) is 9.53 Å². The van der Waals surface area contributed by atoms with Crippen molar-refractivity contribution in [2.75, 3.05) is 0 Å². The first kappa shape index (κ1) is 13.2. The van der Waals surface area contributed by atoms with Gasteiger partial charge in [-0.2, -0.15) is 0 Å². The maximum absolute atomic E-state index is 12.1. The van der Waals surface area contributed by atoms with Crippen LogP contribution < -0.4 is 10.6 Å². The van der Waals surface area contributed by atoms with Crippen LogP contribution in [-0.4, -0.2) is 18.1 Å². The van der Waals surface area contributed by atoms with Crippen molar-refractivity contribution in [3.63, 3.8) is 0 Å². The van der Waals surface area contributed by atoms with Gasteiger partial charge in [0.1, 0.15) is 11.8 Å². The Kier molecular flexibility index (Phi) is 3.59. The summed E-state index contributed by atoms with van der Waals surface area (Å²) < 4.78 is 10.5. The second kappa shape index (κ2) is 5.17. The molecule has 2 heterocycles. The van der Waals surface area contributed by atoms with E-state index in [2.05, 4.69) is 10.6 Å². The minimum atomic E-state index is -0.630. The average molecular weight is 264 g/mol. The first-order chi connectivity index (χ1) is 8.99. The van der Waals surface area contributed by atoms with E-state index in [4.69, 9.17) is 9.15 Å². The van der Waals surface area contributed by atoms with Crippen molar-refractivity contribution >= 4 is 12.0 Å². The van der Waals surface area contributed by atoms with Crippen molar-refractivity contribution in [1.82, 2.24) is 10.6 Å². The van der Waals surface area contributed by atoms with E-state index in [0.717, 1.165) is 0 Å². The number of hydrogen-bond acceptors (Lipinski definition) is 4. The van der Waals surface area contributed by atoms with Gasteiger partial charge >= 0.3 is 12.0 Å². The van der Waals surface area contributed by atoms with E-state index in [1.165, 1.54) is 6.26 Å². The van der Waals surface area contributed by atoms with Crippen molar-refractivity contribution in [3.8, 4) is 0 Å². The predicted octanol–water partition coefficient (Wildman–Crippen LogP) is 1.86. The van der Waals surface area contributed by atoms with Gasteiger partial charge in [0.25, 0.3) is 0 Å². The molecule has 6 heteroatoms. The molecule has 1 aromatic rings. The zero-order valence-electron chi connectivity index (χ0n) is 11.0. The number of esters is 1. The largest absolute Gasteiger partial charge is 0.467 e. The quantitative estimate of drug-likeness (QED) is 0.816. The molecule has 102 valence electrons. The van der Waals surface area contributed by atoms with Crippen LogP contribution in [0.3, 0.4) is 0 Å². The van der Waals surface area contributed by atoms with Crippen LogP contribution in [0.4, 0.5) is 4.79 Å². The first-order valence-corrected chi connectivity index (χ1v) is 6.01. The minimum absolute atomic E-state index is 0.234. The van der Waals surface area contributed by atoms with Crippen LogP contribution in [0.5, 0.6) is 0 Å². The number of carbonyl (C=O) groups excluding carboxylic acids is 2. The van der Waals surface area contributed by atoms with Gasteiger partial charge in [0.05, 0.1) is 17.9 Å². The third kappa shape index (κ3) is 2.78.